The standard InChI is InChI=1S/C15H23N3O/c19-15(6-5-12-7-9-16-11-12)18-10-2-4-14(18)13-3-1-8-17-13/h1,3,8,12,14,16-17H,2,4-7,9-11H2. The van der Waals surface area contributed by atoms with Gasteiger partial charge in [-0.3, -0.25) is 4.79 Å². The lowest BCUT2D eigenvalue weighted by Gasteiger charge is -2.24. The minimum Gasteiger partial charge on any atom is -0.363 e. The smallest absolute Gasteiger partial charge is 0.223 e. The van der Waals surface area contributed by atoms with Crippen molar-refractivity contribution >= 4 is 5.91 Å². The molecular weight excluding hydrogens is 238 g/mol. The minimum absolute atomic E-state index is 0.282. The fourth-order valence-corrected chi connectivity index (χ4v) is 3.37. The second kappa shape index (κ2) is 5.78. The van der Waals surface area contributed by atoms with Crippen LogP contribution in [0.4, 0.5) is 0 Å². The second-order valence-corrected chi connectivity index (χ2v) is 5.77. The number of amides is 1. The lowest BCUT2D eigenvalue weighted by atomic mass is 10.0. The van der Waals surface area contributed by atoms with Crippen molar-refractivity contribution in [1.29, 1.82) is 0 Å². The number of nitrogens with one attached hydrogen (secondary N) is 2. The molecule has 1 aromatic rings. The van der Waals surface area contributed by atoms with E-state index in [0.717, 1.165) is 38.9 Å². The largest absolute Gasteiger partial charge is 0.363 e. The van der Waals surface area contributed by atoms with Crippen LogP contribution in [0, 0.1) is 5.92 Å². The highest BCUT2D eigenvalue weighted by molar-refractivity contribution is 5.77. The quantitative estimate of drug-likeness (QED) is 0.871. The van der Waals surface area contributed by atoms with Crippen LogP contribution in [0.15, 0.2) is 18.3 Å². The molecule has 2 saturated heterocycles. The van der Waals surface area contributed by atoms with Gasteiger partial charge >= 0.3 is 0 Å². The summed E-state index contributed by atoms with van der Waals surface area (Å²) in [5.41, 5.74) is 1.19. The van der Waals surface area contributed by atoms with E-state index in [-0.39, 0.29) is 6.04 Å². The Hall–Kier alpha value is -1.29. The lowest BCUT2D eigenvalue weighted by Crippen LogP contribution is -2.31. The summed E-state index contributed by atoms with van der Waals surface area (Å²) in [6, 6.07) is 4.39. The maximum absolute atomic E-state index is 12.4. The molecule has 2 atom stereocenters. The van der Waals surface area contributed by atoms with Crippen molar-refractivity contribution in [3.05, 3.63) is 24.0 Å². The molecule has 0 spiro atoms. The van der Waals surface area contributed by atoms with Gasteiger partial charge < -0.3 is 15.2 Å². The Kier molecular flexibility index (Phi) is 3.87. The molecule has 0 aliphatic carbocycles. The number of aromatic nitrogens is 1. The fraction of sp³-hybridized carbons (Fsp3) is 0.667. The first-order chi connectivity index (χ1) is 9.34. The van der Waals surface area contributed by atoms with Gasteiger partial charge in [-0.15, -0.1) is 0 Å². The summed E-state index contributed by atoms with van der Waals surface area (Å²) in [5.74, 6) is 1.04. The van der Waals surface area contributed by atoms with Crippen LogP contribution in [0.3, 0.4) is 0 Å². The number of carbonyl (C=O) groups is 1. The van der Waals surface area contributed by atoms with E-state index >= 15 is 0 Å². The summed E-state index contributed by atoms with van der Waals surface area (Å²) in [7, 11) is 0. The van der Waals surface area contributed by atoms with E-state index in [0.29, 0.717) is 18.2 Å². The van der Waals surface area contributed by atoms with E-state index in [1.807, 2.05) is 12.3 Å². The zero-order valence-electron chi connectivity index (χ0n) is 11.4. The van der Waals surface area contributed by atoms with Crippen LogP contribution < -0.4 is 5.32 Å². The molecule has 1 amide bonds. The number of carbonyl (C=O) groups excluding carboxylic acids is 1. The maximum Gasteiger partial charge on any atom is 0.223 e. The Morgan fingerprint density at radius 1 is 1.42 bits per heavy atom. The van der Waals surface area contributed by atoms with Crippen molar-refractivity contribution in [3.63, 3.8) is 0 Å². The average Bonchev–Trinajstić information content (AvgIpc) is 3.14. The second-order valence-electron chi connectivity index (χ2n) is 5.77. The van der Waals surface area contributed by atoms with Gasteiger partial charge in [-0.05, 0) is 56.8 Å². The van der Waals surface area contributed by atoms with Crippen LogP contribution >= 0.6 is 0 Å². The Morgan fingerprint density at radius 3 is 3.11 bits per heavy atom. The first-order valence-electron chi connectivity index (χ1n) is 7.48. The zero-order chi connectivity index (χ0) is 13.1. The van der Waals surface area contributed by atoms with E-state index in [2.05, 4.69) is 21.3 Å². The number of aromatic amines is 1. The van der Waals surface area contributed by atoms with Gasteiger partial charge in [-0.2, -0.15) is 0 Å². The highest BCUT2D eigenvalue weighted by Crippen LogP contribution is 2.31. The third-order valence-electron chi connectivity index (χ3n) is 4.48. The number of rotatable bonds is 4. The van der Waals surface area contributed by atoms with Crippen LogP contribution in [-0.4, -0.2) is 35.4 Å². The number of hydrogen-bond acceptors (Lipinski definition) is 2. The molecule has 2 unspecified atom stereocenters. The molecule has 0 radical (unpaired) electrons. The third kappa shape index (κ3) is 2.84. The zero-order valence-corrected chi connectivity index (χ0v) is 11.4. The molecular formula is C15H23N3O. The van der Waals surface area contributed by atoms with Crippen molar-refractivity contribution in [3.8, 4) is 0 Å². The number of H-pyrrole nitrogens is 1. The van der Waals surface area contributed by atoms with Crippen molar-refractivity contribution in [2.24, 2.45) is 5.92 Å². The van der Waals surface area contributed by atoms with Crippen molar-refractivity contribution < 1.29 is 4.79 Å². The molecule has 2 aliphatic rings. The van der Waals surface area contributed by atoms with Crippen LogP contribution in [0.2, 0.25) is 0 Å². The minimum atomic E-state index is 0.282. The van der Waals surface area contributed by atoms with Crippen molar-refractivity contribution in [2.45, 2.75) is 38.1 Å². The monoisotopic (exact) mass is 261 g/mol. The predicted octanol–water partition coefficient (Wildman–Crippen LogP) is 2.07. The molecule has 0 aromatic carbocycles. The van der Waals surface area contributed by atoms with Gasteiger partial charge in [-0.25, -0.2) is 0 Å². The molecule has 2 aliphatic heterocycles. The summed E-state index contributed by atoms with van der Waals surface area (Å²) in [6.45, 7) is 3.13. The van der Waals surface area contributed by atoms with Gasteiger partial charge in [0.25, 0.3) is 0 Å². The molecule has 3 heterocycles. The van der Waals surface area contributed by atoms with Gasteiger partial charge in [0.1, 0.15) is 0 Å². The average molecular weight is 261 g/mol. The van der Waals surface area contributed by atoms with Gasteiger partial charge in [0.2, 0.25) is 5.91 Å². The van der Waals surface area contributed by atoms with Crippen molar-refractivity contribution in [2.75, 3.05) is 19.6 Å². The molecule has 1 aromatic heterocycles. The number of hydrogen-bond donors (Lipinski definition) is 2. The van der Waals surface area contributed by atoms with E-state index in [9.17, 15) is 4.79 Å². The normalized spacial score (nSPS) is 27.1. The van der Waals surface area contributed by atoms with Crippen molar-refractivity contribution in [1.82, 2.24) is 15.2 Å². The Balaban J connectivity index is 1.56. The Bertz CT molecular complexity index is 409. The topological polar surface area (TPSA) is 48.1 Å². The Labute approximate surface area is 114 Å². The first-order valence-corrected chi connectivity index (χ1v) is 7.48. The SMILES string of the molecule is O=C(CCC1CCNC1)N1CCCC1c1ccc[nH]1. The van der Waals surface area contributed by atoms with E-state index in [1.54, 1.807) is 0 Å². The molecule has 2 N–H and O–H groups in total. The molecule has 19 heavy (non-hydrogen) atoms. The van der Waals surface area contributed by atoms with E-state index in [1.165, 1.54) is 12.1 Å². The summed E-state index contributed by atoms with van der Waals surface area (Å²) in [6.07, 6.45) is 7.15. The third-order valence-corrected chi connectivity index (χ3v) is 4.48. The molecule has 4 nitrogen and oxygen atoms in total. The van der Waals surface area contributed by atoms with Crippen LogP contribution in [-0.2, 0) is 4.79 Å². The van der Waals surface area contributed by atoms with Crippen LogP contribution in [0.1, 0.15) is 43.8 Å². The predicted molar refractivity (Wildman–Crippen MR) is 74.7 cm³/mol. The Morgan fingerprint density at radius 2 is 2.37 bits per heavy atom. The summed E-state index contributed by atoms with van der Waals surface area (Å²) in [4.78, 5) is 17.7. The summed E-state index contributed by atoms with van der Waals surface area (Å²) < 4.78 is 0. The molecule has 3 rings (SSSR count). The molecule has 4 heteroatoms. The van der Waals surface area contributed by atoms with Crippen LogP contribution in [0.5, 0.6) is 0 Å². The molecule has 2 fully saturated rings. The number of likely N-dealkylation sites (tertiary alicyclic amines) is 1. The highest BCUT2D eigenvalue weighted by atomic mass is 16.2. The van der Waals surface area contributed by atoms with E-state index < -0.39 is 0 Å². The summed E-state index contributed by atoms with van der Waals surface area (Å²) in [5, 5.41) is 3.37. The van der Waals surface area contributed by atoms with E-state index in [4.69, 9.17) is 0 Å². The molecule has 104 valence electrons. The van der Waals surface area contributed by atoms with Crippen LogP contribution in [0.25, 0.3) is 0 Å². The van der Waals surface area contributed by atoms with Gasteiger partial charge in [0.05, 0.1) is 6.04 Å². The number of nitrogens with zero attached hydrogens (tertiary/aromatic N) is 1. The summed E-state index contributed by atoms with van der Waals surface area (Å²) >= 11 is 0. The molecule has 0 saturated carbocycles. The fourth-order valence-electron chi connectivity index (χ4n) is 3.37. The molecule has 0 bridgehead atoms. The maximum atomic E-state index is 12.4. The first kappa shape index (κ1) is 12.7. The highest BCUT2D eigenvalue weighted by Gasteiger charge is 2.30. The van der Waals surface area contributed by atoms with Gasteiger partial charge in [0, 0.05) is 24.9 Å². The van der Waals surface area contributed by atoms with Gasteiger partial charge in [-0.1, -0.05) is 0 Å². The van der Waals surface area contributed by atoms with Gasteiger partial charge in [0.15, 0.2) is 0 Å². The lowest BCUT2D eigenvalue weighted by molar-refractivity contribution is -0.132.